The predicted octanol–water partition coefficient (Wildman–Crippen LogP) is 1.89. The first-order valence-corrected chi connectivity index (χ1v) is 4.35. The normalized spacial score (nSPS) is 9.64. The van der Waals surface area contributed by atoms with Gasteiger partial charge in [-0.1, -0.05) is 0 Å². The van der Waals surface area contributed by atoms with Gasteiger partial charge in [-0.25, -0.2) is 0 Å². The molecule has 0 amide bonds. The van der Waals surface area contributed by atoms with Crippen LogP contribution in [0.25, 0.3) is 0 Å². The minimum absolute atomic E-state index is 0.0196. The molecule has 0 spiro atoms. The molecule has 0 unspecified atom stereocenters. The Kier molecular flexibility index (Phi) is 2.62. The molecular formula is C6H5Br2N3. The van der Waals surface area contributed by atoms with Crippen LogP contribution in [0, 0.1) is 5.41 Å². The Labute approximate surface area is 80.8 Å². The van der Waals surface area contributed by atoms with Crippen molar-refractivity contribution in [2.45, 2.75) is 0 Å². The first-order chi connectivity index (χ1) is 5.13. The van der Waals surface area contributed by atoms with Gasteiger partial charge in [-0.05, 0) is 31.9 Å². The van der Waals surface area contributed by atoms with Gasteiger partial charge >= 0.3 is 0 Å². The summed E-state index contributed by atoms with van der Waals surface area (Å²) in [6.45, 7) is 0. The van der Waals surface area contributed by atoms with E-state index in [2.05, 4.69) is 36.8 Å². The molecule has 1 aromatic heterocycles. The number of hydrogen-bond donors (Lipinski definition) is 2. The van der Waals surface area contributed by atoms with Gasteiger partial charge in [-0.15, -0.1) is 0 Å². The van der Waals surface area contributed by atoms with Gasteiger partial charge in [0.05, 0.1) is 0 Å². The molecule has 1 heterocycles. The number of rotatable bonds is 1. The lowest BCUT2D eigenvalue weighted by Crippen LogP contribution is -2.12. The maximum atomic E-state index is 7.21. The van der Waals surface area contributed by atoms with Crippen molar-refractivity contribution in [3.63, 3.8) is 0 Å². The monoisotopic (exact) mass is 277 g/mol. The van der Waals surface area contributed by atoms with Gasteiger partial charge in [-0.2, -0.15) is 0 Å². The zero-order chi connectivity index (χ0) is 8.43. The van der Waals surface area contributed by atoms with Gasteiger partial charge in [0.25, 0.3) is 0 Å². The van der Waals surface area contributed by atoms with Gasteiger partial charge in [0, 0.05) is 26.9 Å². The van der Waals surface area contributed by atoms with E-state index in [-0.39, 0.29) is 5.84 Å². The Morgan fingerprint density at radius 1 is 1.36 bits per heavy atom. The predicted molar refractivity (Wildman–Crippen MR) is 50.7 cm³/mol. The molecule has 0 bridgehead atoms. The SMILES string of the molecule is N=C(N)c1c(Br)cncc1Br. The molecule has 0 saturated carbocycles. The van der Waals surface area contributed by atoms with Crippen molar-refractivity contribution >= 4 is 37.7 Å². The minimum atomic E-state index is 0.0196. The number of nitrogens with two attached hydrogens (primary N) is 1. The Morgan fingerprint density at radius 3 is 2.09 bits per heavy atom. The lowest BCUT2D eigenvalue weighted by atomic mass is 10.2. The van der Waals surface area contributed by atoms with E-state index in [9.17, 15) is 0 Å². The quantitative estimate of drug-likeness (QED) is 0.609. The van der Waals surface area contributed by atoms with E-state index < -0.39 is 0 Å². The van der Waals surface area contributed by atoms with Crippen molar-refractivity contribution in [2.24, 2.45) is 5.73 Å². The molecule has 0 aliphatic carbocycles. The molecule has 0 aromatic carbocycles. The van der Waals surface area contributed by atoms with E-state index in [0.717, 1.165) is 8.95 Å². The van der Waals surface area contributed by atoms with E-state index in [0.29, 0.717) is 5.56 Å². The van der Waals surface area contributed by atoms with E-state index >= 15 is 0 Å². The molecule has 5 heteroatoms. The number of nitrogens with zero attached hydrogens (tertiary/aromatic N) is 1. The van der Waals surface area contributed by atoms with Gasteiger partial charge in [0.2, 0.25) is 0 Å². The second-order valence-corrected chi connectivity index (χ2v) is 3.60. The average Bonchev–Trinajstić information content (AvgIpc) is 1.85. The molecule has 3 N–H and O–H groups in total. The number of aromatic nitrogens is 1. The van der Waals surface area contributed by atoms with Crippen LogP contribution in [0.5, 0.6) is 0 Å². The van der Waals surface area contributed by atoms with Crippen LogP contribution in [0.1, 0.15) is 5.56 Å². The average molecular weight is 279 g/mol. The van der Waals surface area contributed by atoms with Crippen LogP contribution in [0.15, 0.2) is 21.3 Å². The van der Waals surface area contributed by atoms with Crippen molar-refractivity contribution in [2.75, 3.05) is 0 Å². The van der Waals surface area contributed by atoms with Crippen LogP contribution in [0.4, 0.5) is 0 Å². The topological polar surface area (TPSA) is 62.8 Å². The lowest BCUT2D eigenvalue weighted by Gasteiger charge is -2.02. The molecule has 0 atom stereocenters. The Balaban J connectivity index is 3.32. The maximum absolute atomic E-state index is 7.21. The first-order valence-electron chi connectivity index (χ1n) is 2.76. The van der Waals surface area contributed by atoms with E-state index in [1.807, 2.05) is 0 Å². The highest BCUT2D eigenvalue weighted by molar-refractivity contribution is 9.11. The zero-order valence-corrected chi connectivity index (χ0v) is 8.61. The van der Waals surface area contributed by atoms with E-state index in [1.165, 1.54) is 0 Å². The molecule has 11 heavy (non-hydrogen) atoms. The standard InChI is InChI=1S/C6H5Br2N3/c7-3-1-11-2-4(8)5(3)6(9)10/h1-2H,(H3,9,10). The fourth-order valence-corrected chi connectivity index (χ4v) is 2.03. The van der Waals surface area contributed by atoms with Crippen LogP contribution in [-0.4, -0.2) is 10.8 Å². The summed E-state index contributed by atoms with van der Waals surface area (Å²) in [5.74, 6) is 0.0196. The molecule has 1 rings (SSSR count). The molecule has 0 aliphatic rings. The third kappa shape index (κ3) is 1.78. The summed E-state index contributed by atoms with van der Waals surface area (Å²) in [5, 5.41) is 7.21. The van der Waals surface area contributed by atoms with Crippen LogP contribution >= 0.6 is 31.9 Å². The Morgan fingerprint density at radius 2 is 1.82 bits per heavy atom. The molecule has 0 aliphatic heterocycles. The zero-order valence-electron chi connectivity index (χ0n) is 5.44. The lowest BCUT2D eigenvalue weighted by molar-refractivity contribution is 1.26. The van der Waals surface area contributed by atoms with Crippen LogP contribution < -0.4 is 5.73 Å². The highest BCUT2D eigenvalue weighted by atomic mass is 79.9. The van der Waals surface area contributed by atoms with Gasteiger partial charge in [-0.3, -0.25) is 10.4 Å². The fraction of sp³-hybridized carbons (Fsp3) is 0. The Hall–Kier alpha value is -0.420. The molecular weight excluding hydrogens is 274 g/mol. The summed E-state index contributed by atoms with van der Waals surface area (Å²) in [5.41, 5.74) is 5.95. The summed E-state index contributed by atoms with van der Waals surface area (Å²) in [7, 11) is 0. The molecule has 0 radical (unpaired) electrons. The maximum Gasteiger partial charge on any atom is 0.125 e. The van der Waals surface area contributed by atoms with Crippen LogP contribution in [-0.2, 0) is 0 Å². The number of halogens is 2. The molecule has 1 aromatic rings. The first kappa shape index (κ1) is 8.67. The number of nitrogen functional groups attached to an aromatic ring is 1. The van der Waals surface area contributed by atoms with E-state index in [1.54, 1.807) is 12.4 Å². The van der Waals surface area contributed by atoms with Crippen LogP contribution in [0.3, 0.4) is 0 Å². The highest BCUT2D eigenvalue weighted by Gasteiger charge is 2.06. The van der Waals surface area contributed by atoms with Gasteiger partial charge in [0.15, 0.2) is 0 Å². The molecule has 0 fully saturated rings. The fourth-order valence-electron chi connectivity index (χ4n) is 0.669. The smallest absolute Gasteiger partial charge is 0.125 e. The van der Waals surface area contributed by atoms with Crippen molar-refractivity contribution in [3.8, 4) is 0 Å². The van der Waals surface area contributed by atoms with Gasteiger partial charge in [0.1, 0.15) is 5.84 Å². The highest BCUT2D eigenvalue weighted by Crippen LogP contribution is 2.22. The van der Waals surface area contributed by atoms with Crippen molar-refractivity contribution in [3.05, 3.63) is 26.9 Å². The summed E-state index contributed by atoms with van der Waals surface area (Å²) < 4.78 is 1.44. The Bertz CT molecular complexity index is 278. The number of pyridine rings is 1. The third-order valence-electron chi connectivity index (χ3n) is 1.12. The summed E-state index contributed by atoms with van der Waals surface area (Å²) >= 11 is 6.47. The summed E-state index contributed by atoms with van der Waals surface area (Å²) in [6, 6.07) is 0. The number of nitrogens with one attached hydrogen (secondary N) is 1. The van der Waals surface area contributed by atoms with Crippen molar-refractivity contribution in [1.82, 2.24) is 4.98 Å². The van der Waals surface area contributed by atoms with Crippen LogP contribution in [0.2, 0.25) is 0 Å². The van der Waals surface area contributed by atoms with Crippen molar-refractivity contribution in [1.29, 1.82) is 5.41 Å². The second kappa shape index (κ2) is 3.32. The minimum Gasteiger partial charge on any atom is -0.384 e. The van der Waals surface area contributed by atoms with Gasteiger partial charge < -0.3 is 5.73 Å². The second-order valence-electron chi connectivity index (χ2n) is 1.89. The third-order valence-corrected chi connectivity index (χ3v) is 2.33. The molecule has 0 saturated heterocycles. The van der Waals surface area contributed by atoms with Crippen molar-refractivity contribution < 1.29 is 0 Å². The molecule has 58 valence electrons. The number of amidine groups is 1. The van der Waals surface area contributed by atoms with E-state index in [4.69, 9.17) is 11.1 Å². The molecule has 3 nitrogen and oxygen atoms in total. The number of hydrogen-bond acceptors (Lipinski definition) is 2. The largest absolute Gasteiger partial charge is 0.384 e. The summed E-state index contributed by atoms with van der Waals surface area (Å²) in [6.07, 6.45) is 3.20. The summed E-state index contributed by atoms with van der Waals surface area (Å²) in [4.78, 5) is 3.88.